The van der Waals surface area contributed by atoms with Crippen LogP contribution >= 0.6 is 0 Å². The first-order valence-corrected chi connectivity index (χ1v) is 6.67. The van der Waals surface area contributed by atoms with Gasteiger partial charge in [0.15, 0.2) is 0 Å². The number of hydrogen-bond acceptors (Lipinski definition) is 2. The first-order valence-electron chi connectivity index (χ1n) is 6.67. The van der Waals surface area contributed by atoms with Crippen molar-refractivity contribution >= 4 is 5.91 Å². The Kier molecular flexibility index (Phi) is 2.35. The van der Waals surface area contributed by atoms with Crippen molar-refractivity contribution in [3.63, 3.8) is 0 Å². The normalized spacial score (nSPS) is 30.6. The van der Waals surface area contributed by atoms with E-state index in [0.29, 0.717) is 0 Å². The summed E-state index contributed by atoms with van der Waals surface area (Å²) in [5.41, 5.74) is -0.539. The number of alkyl halides is 2. The van der Waals surface area contributed by atoms with Gasteiger partial charge in [0.1, 0.15) is 0 Å². The van der Waals surface area contributed by atoms with Crippen LogP contribution in [0, 0.1) is 16.7 Å². The van der Waals surface area contributed by atoms with E-state index < -0.39 is 11.3 Å². The van der Waals surface area contributed by atoms with E-state index in [1.54, 1.807) is 4.90 Å². The Morgan fingerprint density at radius 1 is 1.22 bits per heavy atom. The van der Waals surface area contributed by atoms with Crippen LogP contribution in [-0.4, -0.2) is 42.9 Å². The molecule has 0 bridgehead atoms. The Labute approximate surface area is 106 Å². The summed E-state index contributed by atoms with van der Waals surface area (Å²) >= 11 is 0. The van der Waals surface area contributed by atoms with Gasteiger partial charge in [-0.25, -0.2) is 8.78 Å². The molecule has 1 saturated carbocycles. The molecule has 1 amide bonds. The highest BCUT2D eigenvalue weighted by Crippen LogP contribution is 2.57. The van der Waals surface area contributed by atoms with E-state index >= 15 is 0 Å². The first-order chi connectivity index (χ1) is 8.29. The predicted molar refractivity (Wildman–Crippen MR) is 63.3 cm³/mol. The fourth-order valence-electron chi connectivity index (χ4n) is 3.60. The number of nitrogens with zero attached hydrogens (tertiary/aromatic N) is 1. The van der Waals surface area contributed by atoms with Crippen molar-refractivity contribution in [2.24, 2.45) is 16.7 Å². The topological polar surface area (TPSA) is 32.3 Å². The monoisotopic (exact) mass is 258 g/mol. The molecule has 2 saturated heterocycles. The summed E-state index contributed by atoms with van der Waals surface area (Å²) in [5, 5.41) is 3.21. The quantitative estimate of drug-likeness (QED) is 0.814. The van der Waals surface area contributed by atoms with Crippen LogP contribution in [-0.2, 0) is 4.79 Å². The number of amides is 1. The van der Waals surface area contributed by atoms with Gasteiger partial charge in [-0.15, -0.1) is 0 Å². The third kappa shape index (κ3) is 1.52. The van der Waals surface area contributed by atoms with Crippen molar-refractivity contribution < 1.29 is 13.6 Å². The minimum Gasteiger partial charge on any atom is -0.341 e. The molecule has 3 nitrogen and oxygen atoms in total. The molecule has 0 aromatic carbocycles. The maximum absolute atomic E-state index is 13.2. The van der Waals surface area contributed by atoms with Crippen LogP contribution in [0.4, 0.5) is 8.78 Å². The molecule has 1 spiro atoms. The van der Waals surface area contributed by atoms with Gasteiger partial charge in [-0.2, -0.15) is 0 Å². The molecule has 0 unspecified atom stereocenters. The maximum Gasteiger partial charge on any atom is 0.250 e. The molecule has 2 heterocycles. The molecule has 0 aromatic rings. The summed E-state index contributed by atoms with van der Waals surface area (Å²) in [6.45, 7) is 7.18. The second-order valence-electron chi connectivity index (χ2n) is 6.79. The van der Waals surface area contributed by atoms with E-state index in [0.717, 1.165) is 26.2 Å². The van der Waals surface area contributed by atoms with Gasteiger partial charge in [0.25, 0.3) is 0 Å². The number of carbonyl (C=O) groups excluding carboxylic acids is 1. The molecule has 1 aliphatic carbocycles. The second-order valence-corrected chi connectivity index (χ2v) is 6.79. The lowest BCUT2D eigenvalue weighted by atomic mass is 9.58. The van der Waals surface area contributed by atoms with Crippen molar-refractivity contribution in [1.82, 2.24) is 10.2 Å². The number of hydrogen-bond donors (Lipinski definition) is 1. The third-order valence-corrected chi connectivity index (χ3v) is 5.02. The predicted octanol–water partition coefficient (Wildman–Crippen LogP) is 1.49. The molecule has 3 rings (SSSR count). The Morgan fingerprint density at radius 2 is 1.78 bits per heavy atom. The summed E-state index contributed by atoms with van der Waals surface area (Å²) in [6.07, 6.45) is -0.531. The molecule has 5 heteroatoms. The van der Waals surface area contributed by atoms with Crippen molar-refractivity contribution in [3.05, 3.63) is 0 Å². The smallest absolute Gasteiger partial charge is 0.250 e. The number of nitrogens with one attached hydrogen (secondary N) is 1. The molecular formula is C13H20F2N2O. The zero-order valence-electron chi connectivity index (χ0n) is 10.9. The molecule has 3 aliphatic rings. The van der Waals surface area contributed by atoms with E-state index in [-0.39, 0.29) is 30.1 Å². The van der Waals surface area contributed by atoms with E-state index in [9.17, 15) is 13.6 Å². The van der Waals surface area contributed by atoms with Crippen LogP contribution in [0.5, 0.6) is 0 Å². The molecule has 2 aliphatic heterocycles. The standard InChI is InChI=1S/C13H20F2N2O/c1-9(2)12(3-13(14,15)4-12)10(18)17-7-11(8-17)5-16-6-11/h9,16H,3-8H2,1-2H3. The molecule has 0 radical (unpaired) electrons. The molecular weight excluding hydrogens is 238 g/mol. The third-order valence-electron chi connectivity index (χ3n) is 5.02. The average Bonchev–Trinajstić information content (AvgIpc) is 2.07. The van der Waals surface area contributed by atoms with Gasteiger partial charge in [0.2, 0.25) is 11.8 Å². The van der Waals surface area contributed by atoms with Crippen molar-refractivity contribution in [2.45, 2.75) is 32.6 Å². The summed E-state index contributed by atoms with van der Waals surface area (Å²) in [6, 6.07) is 0. The van der Waals surface area contributed by atoms with Crippen LogP contribution < -0.4 is 5.32 Å². The van der Waals surface area contributed by atoms with E-state index in [2.05, 4.69) is 5.32 Å². The van der Waals surface area contributed by atoms with Crippen LogP contribution in [0.25, 0.3) is 0 Å². The van der Waals surface area contributed by atoms with Gasteiger partial charge < -0.3 is 10.2 Å². The highest BCUT2D eigenvalue weighted by molar-refractivity contribution is 5.85. The van der Waals surface area contributed by atoms with Gasteiger partial charge in [-0.05, 0) is 5.92 Å². The van der Waals surface area contributed by atoms with E-state index in [1.807, 2.05) is 13.8 Å². The Bertz CT molecular complexity index is 374. The lowest BCUT2D eigenvalue weighted by Crippen LogP contribution is -2.74. The minimum absolute atomic E-state index is 0.0132. The summed E-state index contributed by atoms with van der Waals surface area (Å²) in [7, 11) is 0. The van der Waals surface area contributed by atoms with E-state index in [4.69, 9.17) is 0 Å². The van der Waals surface area contributed by atoms with Crippen molar-refractivity contribution in [1.29, 1.82) is 0 Å². The summed E-state index contributed by atoms with van der Waals surface area (Å²) in [5.74, 6) is -2.69. The zero-order chi connectivity index (χ0) is 13.2. The number of carbonyl (C=O) groups is 1. The highest BCUT2D eigenvalue weighted by Gasteiger charge is 2.64. The number of halogens is 2. The molecule has 0 aromatic heterocycles. The van der Waals surface area contributed by atoms with Crippen LogP contribution in [0.2, 0.25) is 0 Å². The molecule has 3 fully saturated rings. The zero-order valence-corrected chi connectivity index (χ0v) is 10.9. The van der Waals surface area contributed by atoms with Crippen LogP contribution in [0.15, 0.2) is 0 Å². The van der Waals surface area contributed by atoms with Gasteiger partial charge in [-0.3, -0.25) is 4.79 Å². The Balaban J connectivity index is 1.67. The fourth-order valence-corrected chi connectivity index (χ4v) is 3.60. The van der Waals surface area contributed by atoms with Crippen LogP contribution in [0.1, 0.15) is 26.7 Å². The Hall–Kier alpha value is -0.710. The largest absolute Gasteiger partial charge is 0.341 e. The van der Waals surface area contributed by atoms with Crippen molar-refractivity contribution in [3.8, 4) is 0 Å². The van der Waals surface area contributed by atoms with Gasteiger partial charge in [0, 0.05) is 44.4 Å². The average molecular weight is 258 g/mol. The summed E-state index contributed by atoms with van der Waals surface area (Å²) < 4.78 is 26.4. The van der Waals surface area contributed by atoms with Gasteiger partial charge >= 0.3 is 0 Å². The molecule has 0 atom stereocenters. The lowest BCUT2D eigenvalue weighted by Gasteiger charge is -2.60. The fraction of sp³-hybridized carbons (Fsp3) is 0.923. The highest BCUT2D eigenvalue weighted by atomic mass is 19.3. The van der Waals surface area contributed by atoms with Gasteiger partial charge in [-0.1, -0.05) is 13.8 Å². The molecule has 18 heavy (non-hydrogen) atoms. The number of likely N-dealkylation sites (tertiary alicyclic amines) is 1. The molecule has 1 N–H and O–H groups in total. The van der Waals surface area contributed by atoms with Crippen LogP contribution in [0.3, 0.4) is 0 Å². The minimum atomic E-state index is -2.64. The maximum atomic E-state index is 13.2. The number of rotatable bonds is 2. The molecule has 102 valence electrons. The summed E-state index contributed by atoms with van der Waals surface area (Å²) in [4.78, 5) is 14.2. The Morgan fingerprint density at radius 3 is 2.11 bits per heavy atom. The second kappa shape index (κ2) is 3.44. The first kappa shape index (κ1) is 12.3. The van der Waals surface area contributed by atoms with Gasteiger partial charge in [0.05, 0.1) is 5.41 Å². The lowest BCUT2D eigenvalue weighted by molar-refractivity contribution is -0.207. The SMILES string of the molecule is CC(C)C1(C(=O)N2CC3(CNC3)C2)CC(F)(F)C1. The van der Waals surface area contributed by atoms with Crippen molar-refractivity contribution in [2.75, 3.05) is 26.2 Å². The van der Waals surface area contributed by atoms with E-state index in [1.165, 1.54) is 0 Å².